The van der Waals surface area contributed by atoms with Crippen molar-refractivity contribution in [3.8, 4) is 22.0 Å². The zero-order valence-electron chi connectivity index (χ0n) is 10.9. The van der Waals surface area contributed by atoms with Gasteiger partial charge in [0.15, 0.2) is 5.76 Å². The number of thiazole rings is 1. The Kier molecular flexibility index (Phi) is 3.13. The minimum absolute atomic E-state index is 0.807. The maximum Gasteiger partial charge on any atom is 0.154 e. The molecule has 0 bridgehead atoms. The Morgan fingerprint density at radius 2 is 1.86 bits per heavy atom. The third kappa shape index (κ3) is 2.41. The highest BCUT2D eigenvalue weighted by Gasteiger charge is 2.11. The molecule has 2 heterocycles. The van der Waals surface area contributed by atoms with Crippen molar-refractivity contribution in [3.05, 3.63) is 64.5 Å². The summed E-state index contributed by atoms with van der Waals surface area (Å²) in [7, 11) is 0. The summed E-state index contributed by atoms with van der Waals surface area (Å²) < 4.78 is 6.93. The number of furan rings is 1. The molecule has 2 nitrogen and oxygen atoms in total. The summed E-state index contributed by atoms with van der Waals surface area (Å²) >= 11 is 5.11. The van der Waals surface area contributed by atoms with Crippen LogP contribution in [0.4, 0.5) is 0 Å². The van der Waals surface area contributed by atoms with Crippen molar-refractivity contribution >= 4 is 38.2 Å². The Hall–Kier alpha value is -1.91. The fraction of sp³-hybridized carbons (Fsp3) is 0. The van der Waals surface area contributed by atoms with Crippen LogP contribution in [0.2, 0.25) is 0 Å². The van der Waals surface area contributed by atoms with Crippen LogP contribution in [0.5, 0.6) is 0 Å². The van der Waals surface area contributed by atoms with Gasteiger partial charge in [0, 0.05) is 20.8 Å². The topological polar surface area (TPSA) is 26.0 Å². The fourth-order valence-electron chi connectivity index (χ4n) is 2.24. The first-order valence-electron chi connectivity index (χ1n) is 6.50. The van der Waals surface area contributed by atoms with E-state index in [1.54, 1.807) is 11.3 Å². The third-order valence-electron chi connectivity index (χ3n) is 3.26. The maximum absolute atomic E-state index is 5.88. The summed E-state index contributed by atoms with van der Waals surface area (Å²) in [5.74, 6) is 0.807. The first kappa shape index (κ1) is 12.8. The van der Waals surface area contributed by atoms with Gasteiger partial charge in [0.05, 0.1) is 0 Å². The van der Waals surface area contributed by atoms with E-state index in [0.717, 1.165) is 37.5 Å². The number of nitrogens with zero attached hydrogens (tertiary/aromatic N) is 1. The number of rotatable bonds is 2. The van der Waals surface area contributed by atoms with Crippen LogP contribution >= 0.6 is 27.3 Å². The van der Waals surface area contributed by atoms with Gasteiger partial charge in [0.25, 0.3) is 0 Å². The molecule has 0 saturated heterocycles. The summed E-state index contributed by atoms with van der Waals surface area (Å²) in [6.45, 7) is 0. The molecule has 0 aliphatic heterocycles. The summed E-state index contributed by atoms with van der Waals surface area (Å²) in [5, 5.41) is 4.12. The molecule has 4 heteroatoms. The quantitative estimate of drug-likeness (QED) is 0.441. The molecule has 2 aromatic heterocycles. The maximum atomic E-state index is 5.88. The van der Waals surface area contributed by atoms with Gasteiger partial charge >= 0.3 is 0 Å². The second kappa shape index (κ2) is 5.13. The number of hydrogen-bond acceptors (Lipinski definition) is 3. The van der Waals surface area contributed by atoms with E-state index in [2.05, 4.69) is 33.0 Å². The highest BCUT2D eigenvalue weighted by atomic mass is 79.9. The third-order valence-corrected chi connectivity index (χ3v) is 4.64. The normalized spacial score (nSPS) is 11.1. The molecule has 0 unspecified atom stereocenters. The van der Waals surface area contributed by atoms with Crippen molar-refractivity contribution in [2.24, 2.45) is 0 Å². The Bertz CT molecular complexity index is 911. The lowest BCUT2D eigenvalue weighted by atomic mass is 10.2. The molecular weight excluding hydrogens is 346 g/mol. The minimum atomic E-state index is 0.807. The van der Waals surface area contributed by atoms with Gasteiger partial charge in [0.1, 0.15) is 16.3 Å². The van der Waals surface area contributed by atoms with Crippen LogP contribution in [0.15, 0.2) is 68.9 Å². The molecule has 0 amide bonds. The van der Waals surface area contributed by atoms with E-state index in [-0.39, 0.29) is 0 Å². The Labute approximate surface area is 134 Å². The Balaban J connectivity index is 1.77. The van der Waals surface area contributed by atoms with E-state index in [4.69, 9.17) is 4.42 Å². The number of aromatic nitrogens is 1. The van der Waals surface area contributed by atoms with Crippen LogP contribution < -0.4 is 0 Å². The van der Waals surface area contributed by atoms with E-state index in [0.29, 0.717) is 0 Å². The van der Waals surface area contributed by atoms with Gasteiger partial charge in [0.2, 0.25) is 0 Å². The molecule has 0 spiro atoms. The number of halogens is 1. The van der Waals surface area contributed by atoms with Gasteiger partial charge in [-0.15, -0.1) is 11.3 Å². The molecule has 0 radical (unpaired) electrons. The lowest BCUT2D eigenvalue weighted by molar-refractivity contribution is 0.629. The van der Waals surface area contributed by atoms with Crippen LogP contribution in [-0.4, -0.2) is 4.98 Å². The molecule has 0 atom stereocenters. The highest BCUT2D eigenvalue weighted by molar-refractivity contribution is 9.10. The lowest BCUT2D eigenvalue weighted by Crippen LogP contribution is -1.76. The van der Waals surface area contributed by atoms with Gasteiger partial charge in [-0.05, 0) is 24.3 Å². The van der Waals surface area contributed by atoms with Gasteiger partial charge in [-0.25, -0.2) is 4.98 Å². The molecule has 0 aliphatic carbocycles. The van der Waals surface area contributed by atoms with Crippen molar-refractivity contribution in [1.82, 2.24) is 4.98 Å². The largest absolute Gasteiger partial charge is 0.454 e. The van der Waals surface area contributed by atoms with Crippen LogP contribution in [0.3, 0.4) is 0 Å². The van der Waals surface area contributed by atoms with Gasteiger partial charge < -0.3 is 4.42 Å². The molecule has 4 aromatic rings. The molecule has 0 N–H and O–H groups in total. The second-order valence-corrected chi connectivity index (χ2v) is 6.47. The smallest absolute Gasteiger partial charge is 0.154 e. The first-order chi connectivity index (χ1) is 10.3. The van der Waals surface area contributed by atoms with Gasteiger partial charge in [-0.2, -0.15) is 0 Å². The van der Waals surface area contributed by atoms with Gasteiger partial charge in [-0.3, -0.25) is 0 Å². The Morgan fingerprint density at radius 3 is 2.71 bits per heavy atom. The SMILES string of the molecule is Brc1ccc2oc(-c3csc(-c4ccccc4)n3)cc2c1. The number of benzene rings is 2. The van der Waals surface area contributed by atoms with Crippen molar-refractivity contribution < 1.29 is 4.42 Å². The van der Waals surface area contributed by atoms with Crippen LogP contribution in [-0.2, 0) is 0 Å². The Morgan fingerprint density at radius 1 is 1.00 bits per heavy atom. The summed E-state index contributed by atoms with van der Waals surface area (Å²) in [5.41, 5.74) is 2.89. The number of hydrogen-bond donors (Lipinski definition) is 0. The highest BCUT2D eigenvalue weighted by Crippen LogP contribution is 2.32. The molecular formula is C17H10BrNOS. The predicted molar refractivity (Wildman–Crippen MR) is 90.5 cm³/mol. The molecule has 21 heavy (non-hydrogen) atoms. The fourth-order valence-corrected chi connectivity index (χ4v) is 3.43. The average Bonchev–Trinajstić information content (AvgIpc) is 3.14. The standard InChI is InChI=1S/C17H10BrNOS/c18-13-6-7-15-12(8-13)9-16(20-15)14-10-21-17(19-14)11-4-2-1-3-5-11/h1-10H. The molecule has 102 valence electrons. The summed E-state index contributed by atoms with van der Waals surface area (Å²) in [4.78, 5) is 4.68. The van der Waals surface area contributed by atoms with Crippen molar-refractivity contribution in [2.75, 3.05) is 0 Å². The monoisotopic (exact) mass is 355 g/mol. The van der Waals surface area contributed by atoms with Crippen molar-refractivity contribution in [2.45, 2.75) is 0 Å². The zero-order chi connectivity index (χ0) is 14.2. The summed E-state index contributed by atoms with van der Waals surface area (Å²) in [6.07, 6.45) is 0. The van der Waals surface area contributed by atoms with Crippen LogP contribution in [0, 0.1) is 0 Å². The van der Waals surface area contributed by atoms with Crippen molar-refractivity contribution in [3.63, 3.8) is 0 Å². The molecule has 0 fully saturated rings. The summed E-state index contributed by atoms with van der Waals surface area (Å²) in [6, 6.07) is 18.2. The first-order valence-corrected chi connectivity index (χ1v) is 8.17. The zero-order valence-corrected chi connectivity index (χ0v) is 13.3. The van der Waals surface area contributed by atoms with Crippen molar-refractivity contribution in [1.29, 1.82) is 0 Å². The predicted octanol–water partition coefficient (Wildman–Crippen LogP) is 5.99. The van der Waals surface area contributed by atoms with E-state index in [9.17, 15) is 0 Å². The second-order valence-electron chi connectivity index (χ2n) is 4.70. The van der Waals surface area contributed by atoms with E-state index < -0.39 is 0 Å². The molecule has 4 rings (SSSR count). The number of fused-ring (bicyclic) bond motifs is 1. The minimum Gasteiger partial charge on any atom is -0.454 e. The van der Waals surface area contributed by atoms with Crippen LogP contribution in [0.25, 0.3) is 33.0 Å². The van der Waals surface area contributed by atoms with Crippen LogP contribution in [0.1, 0.15) is 0 Å². The van der Waals surface area contributed by atoms with Gasteiger partial charge in [-0.1, -0.05) is 46.3 Å². The molecule has 2 aromatic carbocycles. The van der Waals surface area contributed by atoms with E-state index >= 15 is 0 Å². The van der Waals surface area contributed by atoms with E-state index in [1.165, 1.54) is 0 Å². The lowest BCUT2D eigenvalue weighted by Gasteiger charge is -1.93. The molecule has 0 aliphatic rings. The average molecular weight is 356 g/mol. The van der Waals surface area contributed by atoms with E-state index in [1.807, 2.05) is 47.8 Å². The molecule has 0 saturated carbocycles.